The molecule has 0 saturated heterocycles. The van der Waals surface area contributed by atoms with Crippen LogP contribution in [0.15, 0.2) is 6.20 Å². The number of nitrogens with one attached hydrogen (secondary N) is 1. The molecule has 1 N–H and O–H groups in total. The molecule has 0 bridgehead atoms. The predicted molar refractivity (Wildman–Crippen MR) is 70.3 cm³/mol. The number of methoxy groups -OCH3 is 1. The lowest BCUT2D eigenvalue weighted by atomic mass is 9.83. The van der Waals surface area contributed by atoms with Crippen molar-refractivity contribution in [1.29, 1.82) is 0 Å². The Morgan fingerprint density at radius 3 is 2.35 bits per heavy atom. The topological polar surface area (TPSA) is 39.1 Å². The number of likely N-dealkylation sites (N-methyl/N-ethyl adjacent to an activating group) is 1. The normalized spacial score (nSPS) is 15.9. The fourth-order valence-corrected chi connectivity index (χ4v) is 2.47. The average molecular weight is 260 g/mol. The van der Waals surface area contributed by atoms with Gasteiger partial charge in [-0.2, -0.15) is 5.10 Å². The minimum atomic E-state index is 0.00995. The number of rotatable bonds is 4. The Morgan fingerprint density at radius 1 is 1.47 bits per heavy atom. The highest BCUT2D eigenvalue weighted by Gasteiger charge is 2.35. The van der Waals surface area contributed by atoms with Crippen molar-refractivity contribution in [2.24, 2.45) is 12.5 Å². The Morgan fingerprint density at radius 2 is 2.06 bits per heavy atom. The molecule has 0 radical (unpaired) electrons. The van der Waals surface area contributed by atoms with E-state index in [9.17, 15) is 0 Å². The van der Waals surface area contributed by atoms with Gasteiger partial charge in [0, 0.05) is 14.2 Å². The van der Waals surface area contributed by atoms with Gasteiger partial charge in [0.1, 0.15) is 0 Å². The van der Waals surface area contributed by atoms with Crippen molar-refractivity contribution < 1.29 is 4.74 Å². The van der Waals surface area contributed by atoms with Gasteiger partial charge in [-0.25, -0.2) is 0 Å². The van der Waals surface area contributed by atoms with Crippen molar-refractivity contribution in [3.05, 3.63) is 16.9 Å². The molecular weight excluding hydrogens is 238 g/mol. The third-order valence-electron chi connectivity index (χ3n) is 2.95. The van der Waals surface area contributed by atoms with E-state index >= 15 is 0 Å². The van der Waals surface area contributed by atoms with Gasteiger partial charge in [-0.1, -0.05) is 32.4 Å². The zero-order valence-electron chi connectivity index (χ0n) is 11.4. The van der Waals surface area contributed by atoms with Gasteiger partial charge in [-0.05, 0) is 12.5 Å². The quantitative estimate of drug-likeness (QED) is 0.903. The number of aromatic nitrogens is 2. The number of ether oxygens (including phenoxy) is 1. The molecule has 5 heteroatoms. The third kappa shape index (κ3) is 3.00. The number of hydrogen-bond acceptors (Lipinski definition) is 3. The number of aryl methyl sites for hydroxylation is 1. The number of halogens is 1. The van der Waals surface area contributed by atoms with Gasteiger partial charge in [0.05, 0.1) is 29.1 Å². The van der Waals surface area contributed by atoms with Gasteiger partial charge < -0.3 is 10.1 Å². The van der Waals surface area contributed by atoms with Crippen LogP contribution in [0.2, 0.25) is 5.02 Å². The van der Waals surface area contributed by atoms with E-state index in [0.29, 0.717) is 5.02 Å². The van der Waals surface area contributed by atoms with Gasteiger partial charge in [0.15, 0.2) is 0 Å². The summed E-state index contributed by atoms with van der Waals surface area (Å²) in [6.07, 6.45) is 1.68. The third-order valence-corrected chi connectivity index (χ3v) is 3.24. The largest absolute Gasteiger partial charge is 0.379 e. The van der Waals surface area contributed by atoms with Crippen molar-refractivity contribution in [3.8, 4) is 0 Å². The zero-order valence-corrected chi connectivity index (χ0v) is 12.2. The van der Waals surface area contributed by atoms with Crippen LogP contribution in [-0.4, -0.2) is 30.0 Å². The van der Waals surface area contributed by atoms with Crippen LogP contribution in [0.1, 0.15) is 32.5 Å². The first-order chi connectivity index (χ1) is 7.82. The Bertz CT molecular complexity index is 351. The SMILES string of the molecule is CNC(c1c(Cl)cnn1C)C(OC)C(C)(C)C. The van der Waals surface area contributed by atoms with Crippen LogP contribution >= 0.6 is 11.6 Å². The molecule has 0 aliphatic rings. The lowest BCUT2D eigenvalue weighted by Crippen LogP contribution is -2.41. The van der Waals surface area contributed by atoms with Crippen molar-refractivity contribution in [3.63, 3.8) is 0 Å². The van der Waals surface area contributed by atoms with Crippen LogP contribution < -0.4 is 5.32 Å². The van der Waals surface area contributed by atoms with E-state index in [1.807, 2.05) is 14.1 Å². The summed E-state index contributed by atoms with van der Waals surface area (Å²) in [5.41, 5.74) is 0.965. The van der Waals surface area contributed by atoms with E-state index in [1.165, 1.54) is 0 Å². The molecule has 0 saturated carbocycles. The van der Waals surface area contributed by atoms with Crippen molar-refractivity contribution >= 4 is 11.6 Å². The highest BCUT2D eigenvalue weighted by molar-refractivity contribution is 6.31. The zero-order chi connectivity index (χ0) is 13.2. The first-order valence-electron chi connectivity index (χ1n) is 5.70. The molecule has 4 nitrogen and oxygen atoms in total. The molecule has 1 heterocycles. The molecule has 2 atom stereocenters. The van der Waals surface area contributed by atoms with Crippen LogP contribution in [-0.2, 0) is 11.8 Å². The number of nitrogens with zero attached hydrogens (tertiary/aromatic N) is 2. The maximum Gasteiger partial charge on any atom is 0.0835 e. The van der Waals surface area contributed by atoms with Gasteiger partial charge in [0.2, 0.25) is 0 Å². The summed E-state index contributed by atoms with van der Waals surface area (Å²) in [5.74, 6) is 0. The molecule has 1 aromatic rings. The van der Waals surface area contributed by atoms with Gasteiger partial charge in [-0.15, -0.1) is 0 Å². The van der Waals surface area contributed by atoms with Crippen molar-refractivity contribution in [1.82, 2.24) is 15.1 Å². The van der Waals surface area contributed by atoms with Crippen LogP contribution in [0.25, 0.3) is 0 Å². The first kappa shape index (κ1) is 14.5. The molecule has 1 aromatic heterocycles. The van der Waals surface area contributed by atoms with Crippen molar-refractivity contribution in [2.75, 3.05) is 14.2 Å². The fourth-order valence-electron chi connectivity index (χ4n) is 2.19. The summed E-state index contributed by atoms with van der Waals surface area (Å²) in [6, 6.07) is 0.0139. The monoisotopic (exact) mass is 259 g/mol. The summed E-state index contributed by atoms with van der Waals surface area (Å²) >= 11 is 6.19. The summed E-state index contributed by atoms with van der Waals surface area (Å²) in [6.45, 7) is 6.45. The Labute approximate surface area is 108 Å². The summed E-state index contributed by atoms with van der Waals surface area (Å²) in [7, 11) is 5.53. The summed E-state index contributed by atoms with van der Waals surface area (Å²) < 4.78 is 7.43. The average Bonchev–Trinajstić information content (AvgIpc) is 2.54. The molecule has 0 aliphatic heterocycles. The second-order valence-electron chi connectivity index (χ2n) is 5.29. The number of hydrogen-bond donors (Lipinski definition) is 1. The van der Waals surface area contributed by atoms with Gasteiger partial charge in [0.25, 0.3) is 0 Å². The van der Waals surface area contributed by atoms with Crippen molar-refractivity contribution in [2.45, 2.75) is 32.9 Å². The minimum Gasteiger partial charge on any atom is -0.379 e. The van der Waals surface area contributed by atoms with Crippen LogP contribution in [0.3, 0.4) is 0 Å². The first-order valence-corrected chi connectivity index (χ1v) is 6.08. The lowest BCUT2D eigenvalue weighted by molar-refractivity contribution is -0.0119. The smallest absolute Gasteiger partial charge is 0.0835 e. The predicted octanol–water partition coefficient (Wildman–Crippen LogP) is 2.40. The minimum absolute atomic E-state index is 0.00995. The van der Waals surface area contributed by atoms with E-state index in [1.54, 1.807) is 18.0 Å². The van der Waals surface area contributed by atoms with E-state index in [0.717, 1.165) is 5.69 Å². The van der Waals surface area contributed by atoms with Crippen LogP contribution in [0.4, 0.5) is 0 Å². The molecule has 0 aliphatic carbocycles. The van der Waals surface area contributed by atoms with Crippen LogP contribution in [0.5, 0.6) is 0 Å². The molecule has 0 fully saturated rings. The molecule has 0 spiro atoms. The summed E-state index contributed by atoms with van der Waals surface area (Å²) in [4.78, 5) is 0. The highest BCUT2D eigenvalue weighted by Crippen LogP contribution is 2.34. The van der Waals surface area contributed by atoms with Gasteiger partial charge in [-0.3, -0.25) is 4.68 Å². The molecule has 0 amide bonds. The molecule has 1 rings (SSSR count). The second-order valence-corrected chi connectivity index (χ2v) is 5.70. The second kappa shape index (κ2) is 5.38. The van der Waals surface area contributed by atoms with E-state index in [2.05, 4.69) is 31.2 Å². The molecular formula is C12H22ClN3O. The van der Waals surface area contributed by atoms with E-state index in [-0.39, 0.29) is 17.6 Å². The molecule has 0 aromatic carbocycles. The highest BCUT2D eigenvalue weighted by atomic mass is 35.5. The lowest BCUT2D eigenvalue weighted by Gasteiger charge is -2.36. The van der Waals surface area contributed by atoms with Crippen LogP contribution in [0, 0.1) is 5.41 Å². The molecule has 98 valence electrons. The molecule has 2 unspecified atom stereocenters. The van der Waals surface area contributed by atoms with Gasteiger partial charge >= 0.3 is 0 Å². The van der Waals surface area contributed by atoms with E-state index in [4.69, 9.17) is 16.3 Å². The Kier molecular flexibility index (Phi) is 4.58. The maximum atomic E-state index is 6.19. The fraction of sp³-hybridized carbons (Fsp3) is 0.750. The Hall–Kier alpha value is -0.580. The Balaban J connectivity index is 3.15. The standard InChI is InChI=1S/C12H22ClN3O/c1-12(2,3)11(17-6)9(14-4)10-8(13)7-15-16(10)5/h7,9,11,14H,1-6H3. The molecule has 17 heavy (non-hydrogen) atoms. The summed E-state index contributed by atoms with van der Waals surface area (Å²) in [5, 5.41) is 8.11. The maximum absolute atomic E-state index is 6.19. The van der Waals surface area contributed by atoms with E-state index < -0.39 is 0 Å².